The number of hydrogen-bond acceptors (Lipinski definition) is 3. The highest BCUT2D eigenvalue weighted by atomic mass is 32.1. The summed E-state index contributed by atoms with van der Waals surface area (Å²) in [6, 6.07) is 57.0. The Balaban J connectivity index is 1.09. The van der Waals surface area contributed by atoms with Gasteiger partial charge in [0.25, 0.3) is 0 Å². The summed E-state index contributed by atoms with van der Waals surface area (Å²) in [6.07, 6.45) is 0. The summed E-state index contributed by atoms with van der Waals surface area (Å²) >= 11 is 1.29. The zero-order chi connectivity index (χ0) is 32.3. The summed E-state index contributed by atoms with van der Waals surface area (Å²) in [4.78, 5) is 0. The molecule has 0 aliphatic heterocycles. The molecule has 0 unspecified atom stereocenters. The van der Waals surface area contributed by atoms with Gasteiger partial charge >= 0.3 is 0 Å². The molecule has 3 heterocycles. The van der Waals surface area contributed by atoms with Crippen molar-refractivity contribution in [3.8, 4) is 22.3 Å². The Kier molecular flexibility index (Phi) is 6.46. The number of rotatable bonds is 6. The lowest BCUT2D eigenvalue weighted by Gasteiger charge is -2.10. The molecule has 0 saturated heterocycles. The monoisotopic (exact) mass is 646 g/mol. The van der Waals surface area contributed by atoms with Gasteiger partial charge < -0.3 is 9.13 Å². The highest BCUT2D eigenvalue weighted by Crippen LogP contribution is 2.40. The minimum absolute atomic E-state index is 0.828. The van der Waals surface area contributed by atoms with Crippen LogP contribution in [0.5, 0.6) is 0 Å². The molecule has 0 aliphatic rings. The van der Waals surface area contributed by atoms with Gasteiger partial charge in [-0.2, -0.15) is 8.75 Å². The SMILES string of the molecule is c1ccc(Cn2c3ccccc3c3cc(-c4ccc(-c5ccc6c(c5)c5ccccc5n6Cc5ccccc5)c5nsnc45)ccc32)cc1. The third-order valence-corrected chi connectivity index (χ3v) is 10.5. The van der Waals surface area contributed by atoms with Crippen molar-refractivity contribution in [1.29, 1.82) is 0 Å². The Labute approximate surface area is 287 Å². The van der Waals surface area contributed by atoms with Crippen LogP contribution in [-0.4, -0.2) is 17.9 Å². The smallest absolute Gasteiger partial charge is 0.113 e. The van der Waals surface area contributed by atoms with Crippen LogP contribution in [0.15, 0.2) is 158 Å². The quantitative estimate of drug-likeness (QED) is 0.180. The molecule has 49 heavy (non-hydrogen) atoms. The van der Waals surface area contributed by atoms with Crippen molar-refractivity contribution < 1.29 is 0 Å². The molecule has 0 N–H and O–H groups in total. The highest BCUT2D eigenvalue weighted by molar-refractivity contribution is 7.00. The van der Waals surface area contributed by atoms with Gasteiger partial charge in [0.2, 0.25) is 0 Å². The van der Waals surface area contributed by atoms with E-state index < -0.39 is 0 Å². The van der Waals surface area contributed by atoms with Gasteiger partial charge in [0, 0.05) is 67.8 Å². The van der Waals surface area contributed by atoms with Crippen molar-refractivity contribution >= 4 is 66.4 Å². The van der Waals surface area contributed by atoms with E-state index in [1.54, 1.807) is 0 Å². The molecule has 3 aromatic heterocycles. The summed E-state index contributed by atoms with van der Waals surface area (Å²) in [5.74, 6) is 0. The summed E-state index contributed by atoms with van der Waals surface area (Å²) in [7, 11) is 0. The Bertz CT molecular complexity index is 2630. The highest BCUT2D eigenvalue weighted by Gasteiger charge is 2.18. The number of hydrogen-bond donors (Lipinski definition) is 0. The zero-order valence-electron chi connectivity index (χ0n) is 26.6. The molecule has 0 fully saturated rings. The first-order valence-corrected chi connectivity index (χ1v) is 17.4. The molecule has 7 aromatic carbocycles. The Morgan fingerprint density at radius 2 is 0.796 bits per heavy atom. The molecule has 0 spiro atoms. The third-order valence-electron chi connectivity index (χ3n) is 9.95. The molecule has 0 radical (unpaired) electrons. The van der Waals surface area contributed by atoms with E-state index in [1.165, 1.54) is 66.5 Å². The minimum Gasteiger partial charge on any atom is -0.336 e. The first-order valence-electron chi connectivity index (χ1n) is 16.7. The fourth-order valence-electron chi connectivity index (χ4n) is 7.65. The lowest BCUT2D eigenvalue weighted by Crippen LogP contribution is -1.99. The van der Waals surface area contributed by atoms with Crippen LogP contribution < -0.4 is 0 Å². The van der Waals surface area contributed by atoms with Crippen LogP contribution in [0.2, 0.25) is 0 Å². The van der Waals surface area contributed by atoms with Gasteiger partial charge in [0.05, 0.1) is 11.7 Å². The maximum atomic E-state index is 4.87. The van der Waals surface area contributed by atoms with Gasteiger partial charge in [-0.3, -0.25) is 0 Å². The van der Waals surface area contributed by atoms with Crippen LogP contribution in [0.1, 0.15) is 11.1 Å². The van der Waals surface area contributed by atoms with Gasteiger partial charge in [-0.1, -0.05) is 121 Å². The van der Waals surface area contributed by atoms with Crippen LogP contribution >= 0.6 is 11.7 Å². The summed E-state index contributed by atoms with van der Waals surface area (Å²) in [5, 5.41) is 5.03. The third kappa shape index (κ3) is 4.58. The lowest BCUT2D eigenvalue weighted by atomic mass is 9.96. The van der Waals surface area contributed by atoms with Gasteiger partial charge in [0.15, 0.2) is 0 Å². The Hall–Kier alpha value is -6.04. The molecule has 10 aromatic rings. The molecule has 0 bridgehead atoms. The predicted molar refractivity (Wildman–Crippen MR) is 205 cm³/mol. The topological polar surface area (TPSA) is 35.6 Å². The van der Waals surface area contributed by atoms with Crippen LogP contribution in [-0.2, 0) is 13.1 Å². The second-order valence-electron chi connectivity index (χ2n) is 12.8. The van der Waals surface area contributed by atoms with E-state index in [0.29, 0.717) is 0 Å². The molecule has 0 saturated carbocycles. The molecular weight excluding hydrogens is 617 g/mol. The van der Waals surface area contributed by atoms with Crippen LogP contribution in [0.25, 0.3) is 76.9 Å². The number of aromatic nitrogens is 4. The van der Waals surface area contributed by atoms with E-state index in [9.17, 15) is 0 Å². The molecular formula is C44H30N4S. The minimum atomic E-state index is 0.828. The molecule has 0 amide bonds. The maximum Gasteiger partial charge on any atom is 0.113 e. The predicted octanol–water partition coefficient (Wildman–Crippen LogP) is 11.3. The summed E-state index contributed by atoms with van der Waals surface area (Å²) in [6.45, 7) is 1.66. The molecule has 10 rings (SSSR count). The van der Waals surface area contributed by atoms with Crippen LogP contribution in [0.3, 0.4) is 0 Å². The maximum absolute atomic E-state index is 4.87. The van der Waals surface area contributed by atoms with Crippen LogP contribution in [0, 0.1) is 0 Å². The van der Waals surface area contributed by atoms with Crippen molar-refractivity contribution in [2.45, 2.75) is 13.1 Å². The van der Waals surface area contributed by atoms with Crippen molar-refractivity contribution in [3.63, 3.8) is 0 Å². The van der Waals surface area contributed by atoms with Crippen molar-refractivity contribution in [2.75, 3.05) is 0 Å². The first-order chi connectivity index (χ1) is 24.3. The summed E-state index contributed by atoms with van der Waals surface area (Å²) < 4.78 is 14.6. The average molecular weight is 647 g/mol. The molecule has 0 aliphatic carbocycles. The average Bonchev–Trinajstić information content (AvgIpc) is 3.86. The number of benzene rings is 7. The van der Waals surface area contributed by atoms with E-state index in [-0.39, 0.29) is 0 Å². The van der Waals surface area contributed by atoms with E-state index in [4.69, 9.17) is 8.75 Å². The van der Waals surface area contributed by atoms with E-state index in [2.05, 4.69) is 167 Å². The fourth-order valence-corrected chi connectivity index (χ4v) is 8.22. The number of fused-ring (bicyclic) bond motifs is 7. The van der Waals surface area contributed by atoms with Crippen molar-refractivity contribution in [2.24, 2.45) is 0 Å². The normalized spacial score (nSPS) is 11.8. The van der Waals surface area contributed by atoms with E-state index in [1.807, 2.05) is 0 Å². The Morgan fingerprint density at radius 1 is 0.388 bits per heavy atom. The van der Waals surface area contributed by atoms with Gasteiger partial charge in [-0.05, 0) is 58.7 Å². The van der Waals surface area contributed by atoms with Gasteiger partial charge in [-0.15, -0.1) is 0 Å². The van der Waals surface area contributed by atoms with Gasteiger partial charge in [-0.25, -0.2) is 0 Å². The number of nitrogens with zero attached hydrogens (tertiary/aromatic N) is 4. The molecule has 5 heteroatoms. The molecule has 4 nitrogen and oxygen atoms in total. The fraction of sp³-hybridized carbons (Fsp3) is 0.0455. The Morgan fingerprint density at radius 3 is 1.27 bits per heavy atom. The second kappa shape index (κ2) is 11.3. The lowest BCUT2D eigenvalue weighted by molar-refractivity contribution is 0.869. The number of para-hydroxylation sites is 2. The van der Waals surface area contributed by atoms with Crippen LogP contribution in [0.4, 0.5) is 0 Å². The zero-order valence-corrected chi connectivity index (χ0v) is 27.4. The summed E-state index contributed by atoms with van der Waals surface area (Å²) in [5.41, 5.74) is 13.9. The largest absolute Gasteiger partial charge is 0.336 e. The molecule has 232 valence electrons. The van der Waals surface area contributed by atoms with Crippen molar-refractivity contribution in [1.82, 2.24) is 17.9 Å². The standard InChI is InChI=1S/C44H30N4S/c1-3-11-29(12-4-1)27-47-39-17-9-7-15-35(39)37-25-31(19-23-41(37)47)33-21-22-34(44-43(33)45-49-46-44)32-20-24-42-38(26-32)36-16-8-10-18-40(36)48(42)28-30-13-5-2-6-14-30/h1-26H,27-28H2. The van der Waals surface area contributed by atoms with Crippen molar-refractivity contribution in [3.05, 3.63) is 169 Å². The van der Waals surface area contributed by atoms with Gasteiger partial charge in [0.1, 0.15) is 11.0 Å². The second-order valence-corrected chi connectivity index (χ2v) is 13.3. The van der Waals surface area contributed by atoms with E-state index in [0.717, 1.165) is 46.4 Å². The molecule has 0 atom stereocenters. The van der Waals surface area contributed by atoms with E-state index >= 15 is 0 Å². The first kappa shape index (κ1) is 28.0.